The number of hydrogen-bond acceptors (Lipinski definition) is 13. The Bertz CT molecular complexity index is 2510. The number of esters is 2. The molecule has 19 heteroatoms. The van der Waals surface area contributed by atoms with E-state index < -0.39 is 10.1 Å². The molecule has 2 aromatic heterocycles. The zero-order valence-corrected chi connectivity index (χ0v) is 48.9. The van der Waals surface area contributed by atoms with Crippen LogP contribution in [0.1, 0.15) is 46.5 Å². The van der Waals surface area contributed by atoms with Crippen LogP contribution in [-0.2, 0) is 43.0 Å². The second-order valence-electron chi connectivity index (χ2n) is 15.1. The van der Waals surface area contributed by atoms with Crippen LogP contribution in [0.5, 0.6) is 5.75 Å². The summed E-state index contributed by atoms with van der Waals surface area (Å²) in [5.74, 6) is 0.944. The van der Waals surface area contributed by atoms with Gasteiger partial charge >= 0.3 is 150 Å². The van der Waals surface area contributed by atoms with Crippen molar-refractivity contribution in [2.45, 2.75) is 63.6 Å². The van der Waals surface area contributed by atoms with Gasteiger partial charge in [-0.05, 0) is 125 Å². The van der Waals surface area contributed by atoms with E-state index in [1.54, 1.807) is 61.8 Å². The Kier molecular flexibility index (Phi) is 21.3. The maximum absolute atomic E-state index is 13.5. The Balaban J connectivity index is 0.000000248. The first-order valence-corrected chi connectivity index (χ1v) is 21.2. The van der Waals surface area contributed by atoms with Crippen LogP contribution in [0.25, 0.3) is 21.8 Å². The van der Waals surface area contributed by atoms with Gasteiger partial charge in [0.2, 0.25) is 0 Å². The van der Waals surface area contributed by atoms with Gasteiger partial charge in [-0.25, -0.2) is 8.78 Å². The van der Waals surface area contributed by atoms with Crippen molar-refractivity contribution in [1.29, 1.82) is 0 Å². The standard InChI is InChI=1S/C18H18FNO3.C16H20O5S.C9H6FNO.CH2O3.2Cs.H/c1-2-22-18(21)17-12-8-11(9-13(12)17)23-16-5-6-20-15-4-3-10(19)7-14(15)16;1-3-20-16(17)15-13-8-11(9-14(13)15)21-22(18,19)12-6-4-10(2)5-7-12;10-6-1-2-8-7(5-6)9(12)3-4-11-8;2-1-4-3;;;/h3-7,11-13,17H,2,8-9H2,1H3;4-7,11,13-15H,3,8-9H2,1-2H3;1-5H,(H,11,12);1,3H;;;/q;;;;2*+1;-1/p-1/t11?,12-,13+,17?;11?,13-,14+,15?;;;;;. The summed E-state index contributed by atoms with van der Waals surface area (Å²) in [4.78, 5) is 53.1. The van der Waals surface area contributed by atoms with Gasteiger partial charge in [0.1, 0.15) is 17.4 Å². The SMILES string of the molecule is CCOC(=O)C1[C@H]2CC(OS(=O)(=O)c3ccc(C)cc3)C[C@@H]12.CCOC(=O)C1[C@H]2CC(Oc3ccnc4ccc(F)cc34)C[C@@H]12.O=CO[O-].O=c1cc[nH]c2ccc(F)cc12.[Cs+].[Cs+].[H-]. The molecule has 4 saturated carbocycles. The number of fused-ring (bicyclic) bond motifs is 4. The molecule has 0 radical (unpaired) electrons. The van der Waals surface area contributed by atoms with Crippen molar-refractivity contribution < 1.29 is 199 Å². The minimum Gasteiger partial charge on any atom is -1.00 e. The summed E-state index contributed by atoms with van der Waals surface area (Å²) < 4.78 is 72.1. The monoisotopic (exact) mass is 1130 g/mol. The number of carbonyl (C=O) groups is 3. The van der Waals surface area contributed by atoms with Crippen LogP contribution >= 0.6 is 0 Å². The van der Waals surface area contributed by atoms with Gasteiger partial charge < -0.3 is 30.8 Å². The zero-order valence-electron chi connectivity index (χ0n) is 36.5. The maximum Gasteiger partial charge on any atom is 1.00 e. The molecule has 1 N–H and O–H groups in total. The van der Waals surface area contributed by atoms with E-state index in [1.165, 1.54) is 30.3 Å². The van der Waals surface area contributed by atoms with E-state index in [9.17, 15) is 31.6 Å². The van der Waals surface area contributed by atoms with Crippen LogP contribution in [0.2, 0.25) is 0 Å². The molecule has 0 aliphatic heterocycles. The molecule has 4 fully saturated rings. The summed E-state index contributed by atoms with van der Waals surface area (Å²) >= 11 is 0. The van der Waals surface area contributed by atoms with E-state index in [2.05, 4.69) is 14.9 Å². The topological polar surface area (TPSA) is 200 Å². The minimum atomic E-state index is -3.73. The largest absolute Gasteiger partial charge is 1.00 e. The maximum atomic E-state index is 13.5. The van der Waals surface area contributed by atoms with Crippen LogP contribution in [-0.4, -0.2) is 62.2 Å². The second kappa shape index (κ2) is 24.9. The first kappa shape index (κ1) is 53.9. The van der Waals surface area contributed by atoms with Crippen LogP contribution < -0.4 is 153 Å². The van der Waals surface area contributed by atoms with Crippen LogP contribution in [0.3, 0.4) is 0 Å². The number of rotatable bonds is 10. The van der Waals surface area contributed by atoms with Gasteiger partial charge in [0, 0.05) is 34.7 Å². The molecule has 0 spiro atoms. The number of aromatic nitrogens is 2. The van der Waals surface area contributed by atoms with Crippen molar-refractivity contribution in [3.05, 3.63) is 113 Å². The Hall–Kier alpha value is -1.68. The number of halogens is 2. The van der Waals surface area contributed by atoms with Gasteiger partial charge in [-0.3, -0.25) is 28.3 Å². The number of nitrogens with one attached hydrogen (secondary N) is 1. The molecule has 3 aromatic carbocycles. The number of H-pyrrole nitrogens is 1. The molecule has 2 heterocycles. The van der Waals surface area contributed by atoms with E-state index >= 15 is 0 Å². The first-order valence-electron chi connectivity index (χ1n) is 19.8. The van der Waals surface area contributed by atoms with Crippen LogP contribution in [0.4, 0.5) is 8.78 Å². The molecular weight excluding hydrogens is 1080 g/mol. The third kappa shape index (κ3) is 14.2. The average Bonchev–Trinajstić information content (AvgIpc) is 3.98. The molecule has 14 nitrogen and oxygen atoms in total. The quantitative estimate of drug-likeness (QED) is 0.0638. The van der Waals surface area contributed by atoms with Crippen molar-refractivity contribution in [2.24, 2.45) is 35.5 Å². The van der Waals surface area contributed by atoms with E-state index in [0.717, 1.165) is 23.9 Å². The van der Waals surface area contributed by atoms with Crippen molar-refractivity contribution >= 4 is 50.3 Å². The summed E-state index contributed by atoms with van der Waals surface area (Å²) in [6.07, 6.45) is 5.89. The van der Waals surface area contributed by atoms with E-state index in [4.69, 9.17) is 28.4 Å². The van der Waals surface area contributed by atoms with E-state index in [-0.39, 0.29) is 215 Å². The summed E-state index contributed by atoms with van der Waals surface area (Å²) in [5, 5.41) is 9.51. The predicted molar refractivity (Wildman–Crippen MR) is 215 cm³/mol. The van der Waals surface area contributed by atoms with Gasteiger partial charge in [0.25, 0.3) is 16.6 Å². The zero-order chi connectivity index (χ0) is 43.8. The average molecular weight is 1130 g/mol. The Labute approximate surface area is 482 Å². The van der Waals surface area contributed by atoms with E-state index in [1.807, 2.05) is 13.8 Å². The van der Waals surface area contributed by atoms with Crippen molar-refractivity contribution in [3.63, 3.8) is 0 Å². The fourth-order valence-corrected chi connectivity index (χ4v) is 9.49. The third-order valence-electron chi connectivity index (χ3n) is 11.2. The number of hydrogen-bond donors (Lipinski definition) is 1. The van der Waals surface area contributed by atoms with E-state index in [0.29, 0.717) is 59.9 Å². The fourth-order valence-electron chi connectivity index (χ4n) is 8.39. The van der Waals surface area contributed by atoms with Crippen LogP contribution in [0.15, 0.2) is 94.9 Å². The Morgan fingerprint density at radius 1 is 0.810 bits per heavy atom. The molecule has 63 heavy (non-hydrogen) atoms. The van der Waals surface area contributed by atoms with Gasteiger partial charge in [0.05, 0.1) is 47.7 Å². The van der Waals surface area contributed by atoms with Gasteiger partial charge in [-0.2, -0.15) is 8.42 Å². The molecule has 9 rings (SSSR count). The first-order chi connectivity index (χ1) is 29.3. The van der Waals surface area contributed by atoms with Crippen molar-refractivity contribution in [2.75, 3.05) is 13.2 Å². The number of pyridine rings is 2. The minimum absolute atomic E-state index is 0. The molecule has 5 aromatic rings. The summed E-state index contributed by atoms with van der Waals surface area (Å²) in [5.41, 5.74) is 2.21. The normalized spacial score (nSPS) is 23.1. The van der Waals surface area contributed by atoms with Gasteiger partial charge in [0.15, 0.2) is 5.43 Å². The number of aromatic amines is 1. The molecule has 4 unspecified atom stereocenters. The summed E-state index contributed by atoms with van der Waals surface area (Å²) in [6, 6.07) is 18.4. The number of benzene rings is 3. The number of carbonyl (C=O) groups excluding carboxylic acids is 3. The van der Waals surface area contributed by atoms with Crippen molar-refractivity contribution in [1.82, 2.24) is 9.97 Å². The van der Waals surface area contributed by atoms with Crippen LogP contribution in [0, 0.1) is 54.1 Å². The number of aryl methyl sites for hydroxylation is 1. The molecule has 0 amide bonds. The molecule has 0 saturated heterocycles. The fraction of sp³-hybridized carbons (Fsp3) is 0.386. The predicted octanol–water partition coefficient (Wildman–Crippen LogP) is -0.149. The molecule has 8 atom stereocenters. The Morgan fingerprint density at radius 2 is 1.33 bits per heavy atom. The molecule has 0 bridgehead atoms. The number of ether oxygens (including phenoxy) is 3. The Morgan fingerprint density at radius 3 is 1.87 bits per heavy atom. The second-order valence-corrected chi connectivity index (χ2v) is 16.6. The van der Waals surface area contributed by atoms with Gasteiger partial charge in [-0.15, -0.1) is 0 Å². The third-order valence-corrected chi connectivity index (χ3v) is 12.6. The molecule has 4 aliphatic carbocycles. The van der Waals surface area contributed by atoms with Crippen molar-refractivity contribution in [3.8, 4) is 5.75 Å². The summed E-state index contributed by atoms with van der Waals surface area (Å²) in [7, 11) is -3.73. The van der Waals surface area contributed by atoms with Gasteiger partial charge in [-0.1, -0.05) is 17.7 Å². The molecular formula is C44H46Cs2F2N2O12S. The molecule has 326 valence electrons. The number of nitrogens with zero attached hydrogens (tertiary/aromatic N) is 1. The smallest absolute Gasteiger partial charge is 1.00 e. The molecule has 4 aliphatic rings. The summed E-state index contributed by atoms with van der Waals surface area (Å²) in [6.45, 7) is 6.16.